The van der Waals surface area contributed by atoms with Gasteiger partial charge in [-0.05, 0) is 115 Å². The molecule has 1 aromatic heterocycles. The average molecular weight is 762 g/mol. The lowest BCUT2D eigenvalue weighted by Crippen LogP contribution is -2.26. The second-order valence-corrected chi connectivity index (χ2v) is 16.7. The second-order valence-electron chi connectivity index (χ2n) is 16.7. The standard InChI is InChI=1S/C58H35NO/c1-2-16-36(17-3-1)59(37-30-32-43-41-20-6-12-26-49(41)57(52(43)34-37)47-24-10-4-18-39(47)40-19-5-11-25-48(40)57)38-31-33-44-42-21-7-13-27-50(42)58(53(44)35-38)51-28-14-8-22-45(51)56-55(58)46-23-9-15-29-54(46)60-56/h1-35H. The van der Waals surface area contributed by atoms with E-state index in [4.69, 9.17) is 4.42 Å². The first kappa shape index (κ1) is 32.3. The first-order valence-electron chi connectivity index (χ1n) is 20.9. The third-order valence-electron chi connectivity index (χ3n) is 14.1. The molecule has 0 bridgehead atoms. The first-order chi connectivity index (χ1) is 29.8. The van der Waals surface area contributed by atoms with E-state index in [1.807, 2.05) is 0 Å². The van der Waals surface area contributed by atoms with Gasteiger partial charge < -0.3 is 9.32 Å². The number of benzene rings is 9. The summed E-state index contributed by atoms with van der Waals surface area (Å²) in [6.07, 6.45) is 0. The minimum Gasteiger partial charge on any atom is -0.456 e. The normalized spacial score (nSPS) is 16.2. The number of hydrogen-bond donors (Lipinski definition) is 0. The van der Waals surface area contributed by atoms with E-state index in [2.05, 4.69) is 217 Å². The predicted molar refractivity (Wildman–Crippen MR) is 243 cm³/mol. The van der Waals surface area contributed by atoms with Crippen molar-refractivity contribution in [2.75, 3.05) is 4.90 Å². The third kappa shape index (κ3) is 3.76. The summed E-state index contributed by atoms with van der Waals surface area (Å²) in [4.78, 5) is 2.47. The fraction of sp³-hybridized carbons (Fsp3) is 0.0345. The summed E-state index contributed by atoms with van der Waals surface area (Å²) in [5.74, 6) is 0.973. The molecule has 4 aliphatic carbocycles. The van der Waals surface area contributed by atoms with Crippen molar-refractivity contribution in [3.63, 3.8) is 0 Å². The Kier molecular flexibility index (Phi) is 6.19. The monoisotopic (exact) mass is 761 g/mol. The molecule has 0 amide bonds. The Morgan fingerprint density at radius 2 is 0.700 bits per heavy atom. The van der Waals surface area contributed by atoms with Gasteiger partial charge in [-0.2, -0.15) is 0 Å². The van der Waals surface area contributed by atoms with Gasteiger partial charge >= 0.3 is 0 Å². The highest BCUT2D eigenvalue weighted by molar-refractivity contribution is 6.03. The fourth-order valence-corrected chi connectivity index (χ4v) is 12.0. The maximum atomic E-state index is 6.82. The van der Waals surface area contributed by atoms with Gasteiger partial charge in [0, 0.05) is 33.6 Å². The van der Waals surface area contributed by atoms with Crippen LogP contribution in [0.5, 0.6) is 0 Å². The molecular formula is C58H35NO. The molecule has 60 heavy (non-hydrogen) atoms. The molecule has 1 unspecified atom stereocenters. The molecule has 2 spiro atoms. The quantitative estimate of drug-likeness (QED) is 0.178. The number of hydrogen-bond acceptors (Lipinski definition) is 2. The van der Waals surface area contributed by atoms with Gasteiger partial charge in [0.05, 0.1) is 10.8 Å². The molecule has 0 N–H and O–H groups in total. The van der Waals surface area contributed by atoms with Crippen LogP contribution in [0.1, 0.15) is 44.5 Å². The summed E-state index contributed by atoms with van der Waals surface area (Å²) in [6.45, 7) is 0. The van der Waals surface area contributed by atoms with E-state index in [-0.39, 0.29) is 0 Å². The lowest BCUT2D eigenvalue weighted by molar-refractivity contribution is 0.628. The van der Waals surface area contributed by atoms with Crippen molar-refractivity contribution in [3.05, 3.63) is 257 Å². The molecule has 278 valence electrons. The van der Waals surface area contributed by atoms with Gasteiger partial charge in [0.1, 0.15) is 11.3 Å². The van der Waals surface area contributed by atoms with E-state index in [0.717, 1.165) is 39.4 Å². The van der Waals surface area contributed by atoms with Gasteiger partial charge in [-0.1, -0.05) is 170 Å². The Labute approximate surface area is 348 Å². The lowest BCUT2D eigenvalue weighted by Gasteiger charge is -2.33. The van der Waals surface area contributed by atoms with E-state index in [1.54, 1.807) is 0 Å². The molecule has 2 nitrogen and oxygen atoms in total. The largest absolute Gasteiger partial charge is 0.456 e. The Hall–Kier alpha value is -7.68. The van der Waals surface area contributed by atoms with E-state index >= 15 is 0 Å². The van der Waals surface area contributed by atoms with Crippen molar-refractivity contribution >= 4 is 28.0 Å². The lowest BCUT2D eigenvalue weighted by atomic mass is 9.70. The third-order valence-corrected chi connectivity index (χ3v) is 14.1. The predicted octanol–water partition coefficient (Wildman–Crippen LogP) is 14.6. The topological polar surface area (TPSA) is 16.4 Å². The molecule has 1 atom stereocenters. The highest BCUT2D eigenvalue weighted by Crippen LogP contribution is 2.66. The van der Waals surface area contributed by atoms with E-state index in [1.165, 1.54) is 77.9 Å². The minimum absolute atomic E-state index is 0.437. The maximum Gasteiger partial charge on any atom is 0.140 e. The minimum atomic E-state index is -0.552. The van der Waals surface area contributed by atoms with Crippen molar-refractivity contribution < 1.29 is 4.42 Å². The number of furan rings is 1. The Morgan fingerprint density at radius 1 is 0.300 bits per heavy atom. The molecule has 2 heteroatoms. The van der Waals surface area contributed by atoms with Crippen LogP contribution < -0.4 is 4.90 Å². The average Bonchev–Trinajstić information content (AvgIpc) is 4.08. The molecule has 14 rings (SSSR count). The zero-order chi connectivity index (χ0) is 39.2. The van der Waals surface area contributed by atoms with Crippen LogP contribution in [0.2, 0.25) is 0 Å². The van der Waals surface area contributed by atoms with Gasteiger partial charge in [0.25, 0.3) is 0 Å². The van der Waals surface area contributed by atoms with Gasteiger partial charge in [-0.3, -0.25) is 0 Å². The van der Waals surface area contributed by atoms with Crippen LogP contribution in [-0.2, 0) is 10.8 Å². The van der Waals surface area contributed by atoms with Gasteiger partial charge in [0.15, 0.2) is 0 Å². The van der Waals surface area contributed by atoms with Gasteiger partial charge in [-0.25, -0.2) is 0 Å². The van der Waals surface area contributed by atoms with Crippen LogP contribution in [0.25, 0.3) is 55.7 Å². The van der Waals surface area contributed by atoms with Gasteiger partial charge in [-0.15, -0.1) is 0 Å². The molecular weight excluding hydrogens is 727 g/mol. The van der Waals surface area contributed by atoms with Crippen LogP contribution in [0.15, 0.2) is 217 Å². The summed E-state index contributed by atoms with van der Waals surface area (Å²) >= 11 is 0. The maximum absolute atomic E-state index is 6.82. The smallest absolute Gasteiger partial charge is 0.140 e. The van der Waals surface area contributed by atoms with Gasteiger partial charge in [0.2, 0.25) is 0 Å². The SMILES string of the molecule is c1ccc(N(c2ccc3c(c2)C2(c4ccccc4-c4ccccc42)c2ccccc2-3)c2ccc3c(c2)C2(c4ccccc4-3)c3ccccc3-c3oc4ccccc4c32)cc1. The Bertz CT molecular complexity index is 3400. The van der Waals surface area contributed by atoms with Crippen LogP contribution in [0, 0.1) is 0 Å². The van der Waals surface area contributed by atoms with E-state index in [0.29, 0.717) is 0 Å². The molecule has 1 heterocycles. The molecule has 9 aromatic carbocycles. The zero-order valence-corrected chi connectivity index (χ0v) is 32.6. The number of nitrogens with zero attached hydrogens (tertiary/aromatic N) is 1. The van der Waals surface area contributed by atoms with Crippen LogP contribution in [-0.4, -0.2) is 0 Å². The summed E-state index contributed by atoms with van der Waals surface area (Å²) in [5.41, 5.74) is 22.7. The molecule has 0 radical (unpaired) electrons. The number of para-hydroxylation sites is 2. The van der Waals surface area contributed by atoms with E-state index < -0.39 is 10.8 Å². The second kappa shape index (κ2) is 11.5. The fourth-order valence-electron chi connectivity index (χ4n) is 12.0. The van der Waals surface area contributed by atoms with Crippen LogP contribution in [0.4, 0.5) is 17.1 Å². The molecule has 0 saturated carbocycles. The number of fused-ring (bicyclic) bond motifs is 22. The van der Waals surface area contributed by atoms with Crippen molar-refractivity contribution in [1.29, 1.82) is 0 Å². The molecule has 10 aromatic rings. The highest BCUT2D eigenvalue weighted by atomic mass is 16.3. The van der Waals surface area contributed by atoms with Crippen molar-refractivity contribution in [1.82, 2.24) is 0 Å². The van der Waals surface area contributed by atoms with Crippen LogP contribution >= 0.6 is 0 Å². The molecule has 0 aliphatic heterocycles. The first-order valence-corrected chi connectivity index (χ1v) is 20.9. The summed E-state index contributed by atoms with van der Waals surface area (Å²) in [5, 5.41) is 1.16. The van der Waals surface area contributed by atoms with E-state index in [9.17, 15) is 0 Å². The molecule has 4 aliphatic rings. The molecule has 0 saturated heterocycles. The highest BCUT2D eigenvalue weighted by Gasteiger charge is 2.55. The van der Waals surface area contributed by atoms with Crippen molar-refractivity contribution in [3.8, 4) is 44.7 Å². The van der Waals surface area contributed by atoms with Crippen molar-refractivity contribution in [2.24, 2.45) is 0 Å². The summed E-state index contributed by atoms with van der Waals surface area (Å²) in [7, 11) is 0. The van der Waals surface area contributed by atoms with Crippen molar-refractivity contribution in [2.45, 2.75) is 10.8 Å². The summed E-state index contributed by atoms with van der Waals surface area (Å²) in [6, 6.07) is 78.9. The number of anilines is 3. The van der Waals surface area contributed by atoms with Crippen LogP contribution in [0.3, 0.4) is 0 Å². The number of rotatable bonds is 3. The zero-order valence-electron chi connectivity index (χ0n) is 32.6. The Balaban J connectivity index is 1.05. The summed E-state index contributed by atoms with van der Waals surface area (Å²) < 4.78 is 6.82. The Morgan fingerprint density at radius 3 is 1.25 bits per heavy atom. The molecule has 0 fully saturated rings.